The molecule has 0 fully saturated rings. The predicted molar refractivity (Wildman–Crippen MR) is 85.0 cm³/mol. The van der Waals surface area contributed by atoms with Crippen LogP contribution in [0.4, 0.5) is 0 Å². The molecule has 3 heteroatoms. The van der Waals surface area contributed by atoms with Gasteiger partial charge in [0.2, 0.25) is 0 Å². The summed E-state index contributed by atoms with van der Waals surface area (Å²) in [6.45, 7) is 8.58. The SMILES string of the molecule is CNC(C)Cc1ccc(-c2cn(C(C)C)nc2C)cc1. The predicted octanol–water partition coefficient (Wildman–Crippen LogP) is 3.59. The van der Waals surface area contributed by atoms with Crippen LogP contribution >= 0.6 is 0 Å². The molecule has 1 heterocycles. The van der Waals surface area contributed by atoms with Crippen LogP contribution in [-0.4, -0.2) is 22.9 Å². The lowest BCUT2D eigenvalue weighted by Gasteiger charge is -2.10. The van der Waals surface area contributed by atoms with Crippen molar-refractivity contribution in [2.75, 3.05) is 7.05 Å². The van der Waals surface area contributed by atoms with Gasteiger partial charge in [0.15, 0.2) is 0 Å². The minimum absolute atomic E-state index is 0.401. The van der Waals surface area contributed by atoms with Gasteiger partial charge in [-0.05, 0) is 52.3 Å². The first kappa shape index (κ1) is 14.8. The molecular weight excluding hydrogens is 246 g/mol. The van der Waals surface area contributed by atoms with Gasteiger partial charge in [-0.1, -0.05) is 24.3 Å². The van der Waals surface area contributed by atoms with E-state index in [1.165, 1.54) is 16.7 Å². The summed E-state index contributed by atoms with van der Waals surface area (Å²) in [5.74, 6) is 0. The van der Waals surface area contributed by atoms with Crippen molar-refractivity contribution in [3.63, 3.8) is 0 Å². The highest BCUT2D eigenvalue weighted by molar-refractivity contribution is 5.65. The number of benzene rings is 1. The fourth-order valence-electron chi connectivity index (χ4n) is 2.31. The summed E-state index contributed by atoms with van der Waals surface area (Å²) in [7, 11) is 2.00. The fraction of sp³-hybridized carbons (Fsp3) is 0.471. The third-order valence-corrected chi connectivity index (χ3v) is 3.75. The van der Waals surface area contributed by atoms with Crippen molar-refractivity contribution in [1.82, 2.24) is 15.1 Å². The minimum Gasteiger partial charge on any atom is -0.317 e. The molecule has 2 aromatic rings. The highest BCUT2D eigenvalue weighted by Crippen LogP contribution is 2.24. The second kappa shape index (κ2) is 6.23. The molecule has 1 aromatic carbocycles. The third kappa shape index (κ3) is 3.28. The number of rotatable bonds is 5. The average Bonchev–Trinajstić information content (AvgIpc) is 2.82. The first-order valence-corrected chi connectivity index (χ1v) is 7.33. The zero-order valence-corrected chi connectivity index (χ0v) is 13.1. The Hall–Kier alpha value is -1.61. The van der Waals surface area contributed by atoms with Gasteiger partial charge >= 0.3 is 0 Å². The summed E-state index contributed by atoms with van der Waals surface area (Å²) in [6, 6.07) is 9.74. The lowest BCUT2D eigenvalue weighted by molar-refractivity contribution is 0.529. The second-order valence-electron chi connectivity index (χ2n) is 5.79. The first-order chi connectivity index (χ1) is 9.51. The molecule has 20 heavy (non-hydrogen) atoms. The number of nitrogens with one attached hydrogen (secondary N) is 1. The number of hydrogen-bond donors (Lipinski definition) is 1. The van der Waals surface area contributed by atoms with E-state index in [0.717, 1.165) is 12.1 Å². The van der Waals surface area contributed by atoms with Crippen molar-refractivity contribution in [2.45, 2.75) is 46.2 Å². The molecule has 0 amide bonds. The van der Waals surface area contributed by atoms with Crippen molar-refractivity contribution in [3.8, 4) is 11.1 Å². The van der Waals surface area contributed by atoms with E-state index in [4.69, 9.17) is 0 Å². The summed E-state index contributed by atoms with van der Waals surface area (Å²) in [4.78, 5) is 0. The van der Waals surface area contributed by atoms with Gasteiger partial charge in [-0.15, -0.1) is 0 Å². The molecule has 2 rings (SSSR count). The molecule has 0 saturated heterocycles. The Bertz CT molecular complexity index is 552. The molecule has 0 aliphatic heterocycles. The number of likely N-dealkylation sites (N-methyl/N-ethyl adjacent to an activating group) is 1. The first-order valence-electron chi connectivity index (χ1n) is 7.33. The zero-order valence-electron chi connectivity index (χ0n) is 13.1. The van der Waals surface area contributed by atoms with E-state index in [1.807, 2.05) is 11.7 Å². The monoisotopic (exact) mass is 271 g/mol. The van der Waals surface area contributed by atoms with Crippen molar-refractivity contribution in [1.29, 1.82) is 0 Å². The summed E-state index contributed by atoms with van der Waals surface area (Å²) in [6.07, 6.45) is 3.20. The maximum Gasteiger partial charge on any atom is 0.0672 e. The molecule has 1 N–H and O–H groups in total. The Labute approximate surface area is 122 Å². The fourth-order valence-corrected chi connectivity index (χ4v) is 2.31. The van der Waals surface area contributed by atoms with Gasteiger partial charge in [0.1, 0.15) is 0 Å². The van der Waals surface area contributed by atoms with Gasteiger partial charge in [0, 0.05) is 23.8 Å². The van der Waals surface area contributed by atoms with Gasteiger partial charge in [-0.2, -0.15) is 5.10 Å². The topological polar surface area (TPSA) is 29.9 Å². The summed E-state index contributed by atoms with van der Waals surface area (Å²) >= 11 is 0. The van der Waals surface area contributed by atoms with E-state index < -0.39 is 0 Å². The zero-order chi connectivity index (χ0) is 14.7. The number of nitrogens with zero attached hydrogens (tertiary/aromatic N) is 2. The van der Waals surface area contributed by atoms with Crippen LogP contribution in [0.15, 0.2) is 30.5 Å². The highest BCUT2D eigenvalue weighted by atomic mass is 15.3. The van der Waals surface area contributed by atoms with E-state index in [2.05, 4.69) is 68.6 Å². The quantitative estimate of drug-likeness (QED) is 0.900. The molecule has 1 atom stereocenters. The minimum atomic E-state index is 0.401. The summed E-state index contributed by atoms with van der Waals surface area (Å²) < 4.78 is 2.03. The Morgan fingerprint density at radius 3 is 2.30 bits per heavy atom. The molecule has 0 aliphatic carbocycles. The van der Waals surface area contributed by atoms with Gasteiger partial charge < -0.3 is 5.32 Å². The largest absolute Gasteiger partial charge is 0.317 e. The van der Waals surface area contributed by atoms with E-state index in [9.17, 15) is 0 Å². The lowest BCUT2D eigenvalue weighted by Crippen LogP contribution is -2.23. The van der Waals surface area contributed by atoms with Crippen LogP contribution in [0.25, 0.3) is 11.1 Å². The molecule has 1 unspecified atom stereocenters. The Morgan fingerprint density at radius 2 is 1.80 bits per heavy atom. The molecule has 0 spiro atoms. The normalized spacial score (nSPS) is 12.9. The number of aromatic nitrogens is 2. The molecular formula is C17H25N3. The molecule has 1 aromatic heterocycles. The van der Waals surface area contributed by atoms with Crippen molar-refractivity contribution < 1.29 is 0 Å². The molecule has 3 nitrogen and oxygen atoms in total. The van der Waals surface area contributed by atoms with Crippen LogP contribution in [0.2, 0.25) is 0 Å². The van der Waals surface area contributed by atoms with E-state index in [1.54, 1.807) is 0 Å². The molecule has 0 aliphatic rings. The van der Waals surface area contributed by atoms with Crippen molar-refractivity contribution >= 4 is 0 Å². The smallest absolute Gasteiger partial charge is 0.0672 e. The van der Waals surface area contributed by atoms with E-state index in [-0.39, 0.29) is 0 Å². The van der Waals surface area contributed by atoms with Crippen LogP contribution in [0, 0.1) is 6.92 Å². The van der Waals surface area contributed by atoms with Gasteiger partial charge in [0.25, 0.3) is 0 Å². The Balaban J connectivity index is 2.21. The van der Waals surface area contributed by atoms with Gasteiger partial charge in [0.05, 0.1) is 5.69 Å². The lowest BCUT2D eigenvalue weighted by atomic mass is 10.0. The Morgan fingerprint density at radius 1 is 1.15 bits per heavy atom. The Kier molecular flexibility index (Phi) is 4.61. The molecule has 0 bridgehead atoms. The summed E-state index contributed by atoms with van der Waals surface area (Å²) in [5.41, 5.74) is 4.93. The molecule has 0 saturated carbocycles. The summed E-state index contributed by atoms with van der Waals surface area (Å²) in [5, 5.41) is 7.85. The second-order valence-corrected chi connectivity index (χ2v) is 5.79. The average molecular weight is 271 g/mol. The van der Waals surface area contributed by atoms with Gasteiger partial charge in [-0.3, -0.25) is 4.68 Å². The maximum atomic E-state index is 4.58. The standard InChI is InChI=1S/C17H25N3/c1-12(2)20-11-17(14(4)19-20)16-8-6-15(7-9-16)10-13(3)18-5/h6-9,11-13,18H,10H2,1-5H3. The van der Waals surface area contributed by atoms with Crippen LogP contribution in [0.3, 0.4) is 0 Å². The molecule has 0 radical (unpaired) electrons. The number of hydrogen-bond acceptors (Lipinski definition) is 2. The maximum absolute atomic E-state index is 4.58. The van der Waals surface area contributed by atoms with Crippen LogP contribution < -0.4 is 5.32 Å². The van der Waals surface area contributed by atoms with Crippen molar-refractivity contribution in [2.24, 2.45) is 0 Å². The van der Waals surface area contributed by atoms with Crippen LogP contribution in [0.5, 0.6) is 0 Å². The van der Waals surface area contributed by atoms with E-state index in [0.29, 0.717) is 12.1 Å². The highest BCUT2D eigenvalue weighted by Gasteiger charge is 2.09. The van der Waals surface area contributed by atoms with Crippen LogP contribution in [-0.2, 0) is 6.42 Å². The number of aryl methyl sites for hydroxylation is 1. The van der Waals surface area contributed by atoms with Crippen LogP contribution in [0.1, 0.15) is 38.1 Å². The van der Waals surface area contributed by atoms with Crippen molar-refractivity contribution in [3.05, 3.63) is 41.7 Å². The van der Waals surface area contributed by atoms with Gasteiger partial charge in [-0.25, -0.2) is 0 Å². The van der Waals surface area contributed by atoms with E-state index >= 15 is 0 Å². The molecule has 108 valence electrons. The third-order valence-electron chi connectivity index (χ3n) is 3.75.